The van der Waals surface area contributed by atoms with Crippen molar-refractivity contribution in [3.8, 4) is 0 Å². The summed E-state index contributed by atoms with van der Waals surface area (Å²) in [4.78, 5) is 12.1. The lowest BCUT2D eigenvalue weighted by molar-refractivity contribution is 0.102. The molecule has 0 atom stereocenters. The van der Waals surface area contributed by atoms with Gasteiger partial charge in [0.2, 0.25) is 0 Å². The molecule has 0 heterocycles. The fourth-order valence-electron chi connectivity index (χ4n) is 1.52. The molecule has 0 saturated heterocycles. The van der Waals surface area contributed by atoms with Gasteiger partial charge in [0.1, 0.15) is 0 Å². The first-order valence-electron chi connectivity index (χ1n) is 5.50. The molecule has 0 spiro atoms. The Morgan fingerprint density at radius 3 is 2.53 bits per heavy atom. The lowest BCUT2D eigenvalue weighted by Crippen LogP contribution is -2.12. The summed E-state index contributed by atoms with van der Waals surface area (Å²) in [6, 6.07) is 10.3. The fraction of sp³-hybridized carbons (Fsp3) is 0.0714. The second-order valence-corrected chi connectivity index (χ2v) is 5.74. The Bertz CT molecular complexity index is 643. The topological polar surface area (TPSA) is 29.1 Å². The monoisotopic (exact) mass is 357 g/mol. The van der Waals surface area contributed by atoms with Crippen molar-refractivity contribution in [2.75, 3.05) is 5.32 Å². The number of carbonyl (C=O) groups excluding carboxylic acids is 1. The maximum Gasteiger partial charge on any atom is 0.255 e. The SMILES string of the molecule is Cc1ccc(C(=O)Nc2ccc(Cl)cc2Cl)cc1Br. The maximum atomic E-state index is 12.1. The number of hydrogen-bond acceptors (Lipinski definition) is 1. The summed E-state index contributed by atoms with van der Waals surface area (Å²) < 4.78 is 0.891. The summed E-state index contributed by atoms with van der Waals surface area (Å²) in [6.45, 7) is 1.96. The Morgan fingerprint density at radius 2 is 1.89 bits per heavy atom. The van der Waals surface area contributed by atoms with E-state index in [0.29, 0.717) is 21.3 Å². The summed E-state index contributed by atoms with van der Waals surface area (Å²) in [5, 5.41) is 3.69. The van der Waals surface area contributed by atoms with E-state index in [9.17, 15) is 4.79 Å². The zero-order valence-electron chi connectivity index (χ0n) is 10.0. The summed E-state index contributed by atoms with van der Waals surface area (Å²) >= 11 is 15.2. The van der Waals surface area contributed by atoms with E-state index in [4.69, 9.17) is 23.2 Å². The van der Waals surface area contributed by atoms with E-state index in [-0.39, 0.29) is 5.91 Å². The van der Waals surface area contributed by atoms with Gasteiger partial charge >= 0.3 is 0 Å². The van der Waals surface area contributed by atoms with Gasteiger partial charge in [-0.25, -0.2) is 0 Å². The molecule has 2 aromatic rings. The highest BCUT2D eigenvalue weighted by atomic mass is 79.9. The molecule has 0 aliphatic carbocycles. The van der Waals surface area contributed by atoms with Gasteiger partial charge < -0.3 is 5.32 Å². The fourth-order valence-corrected chi connectivity index (χ4v) is 2.35. The largest absolute Gasteiger partial charge is 0.321 e. The van der Waals surface area contributed by atoms with E-state index >= 15 is 0 Å². The summed E-state index contributed by atoms with van der Waals surface area (Å²) in [5.74, 6) is -0.218. The molecule has 0 aliphatic rings. The van der Waals surface area contributed by atoms with Crippen LogP contribution in [0.3, 0.4) is 0 Å². The zero-order valence-corrected chi connectivity index (χ0v) is 13.1. The van der Waals surface area contributed by atoms with Gasteiger partial charge in [-0.1, -0.05) is 45.2 Å². The standard InChI is InChI=1S/C14H10BrCl2NO/c1-8-2-3-9(6-11(8)15)14(19)18-13-5-4-10(16)7-12(13)17/h2-7H,1H3,(H,18,19). The third-order valence-corrected chi connectivity index (χ3v) is 4.02. The molecule has 2 nitrogen and oxygen atoms in total. The molecule has 1 N–H and O–H groups in total. The summed E-state index contributed by atoms with van der Waals surface area (Å²) in [5.41, 5.74) is 2.16. The minimum Gasteiger partial charge on any atom is -0.321 e. The lowest BCUT2D eigenvalue weighted by atomic mass is 10.1. The molecule has 0 aromatic heterocycles. The number of aryl methyl sites for hydroxylation is 1. The highest BCUT2D eigenvalue weighted by molar-refractivity contribution is 9.10. The van der Waals surface area contributed by atoms with Crippen LogP contribution in [-0.2, 0) is 0 Å². The molecule has 2 aromatic carbocycles. The van der Waals surface area contributed by atoms with Gasteiger partial charge in [0.15, 0.2) is 0 Å². The van der Waals surface area contributed by atoms with Crippen LogP contribution in [0.5, 0.6) is 0 Å². The highest BCUT2D eigenvalue weighted by Crippen LogP contribution is 2.26. The highest BCUT2D eigenvalue weighted by Gasteiger charge is 2.09. The van der Waals surface area contributed by atoms with E-state index < -0.39 is 0 Å². The molecule has 0 unspecified atom stereocenters. The summed E-state index contributed by atoms with van der Waals surface area (Å²) in [6.07, 6.45) is 0. The first-order chi connectivity index (χ1) is 8.97. The molecule has 5 heteroatoms. The Morgan fingerprint density at radius 1 is 1.16 bits per heavy atom. The first kappa shape index (κ1) is 14.4. The minimum absolute atomic E-state index is 0.218. The van der Waals surface area contributed by atoms with Crippen LogP contribution in [0.2, 0.25) is 10.0 Å². The van der Waals surface area contributed by atoms with E-state index in [1.807, 2.05) is 13.0 Å². The molecule has 2 rings (SSSR count). The molecule has 1 amide bonds. The van der Waals surface area contributed by atoms with Gasteiger partial charge in [-0.15, -0.1) is 0 Å². The number of amides is 1. The number of carbonyl (C=O) groups is 1. The Labute approximate surface area is 129 Å². The lowest BCUT2D eigenvalue weighted by Gasteiger charge is -2.08. The van der Waals surface area contributed by atoms with Crippen LogP contribution in [0.15, 0.2) is 40.9 Å². The van der Waals surface area contributed by atoms with Gasteiger partial charge in [-0.2, -0.15) is 0 Å². The second-order valence-electron chi connectivity index (χ2n) is 4.04. The van der Waals surface area contributed by atoms with Crippen molar-refractivity contribution in [3.63, 3.8) is 0 Å². The predicted molar refractivity (Wildman–Crippen MR) is 83.3 cm³/mol. The normalized spacial score (nSPS) is 10.3. The van der Waals surface area contributed by atoms with Crippen LogP contribution in [0.1, 0.15) is 15.9 Å². The number of hydrogen-bond donors (Lipinski definition) is 1. The van der Waals surface area contributed by atoms with E-state index in [0.717, 1.165) is 10.0 Å². The van der Waals surface area contributed by atoms with Crippen molar-refractivity contribution in [1.82, 2.24) is 0 Å². The van der Waals surface area contributed by atoms with Crippen LogP contribution >= 0.6 is 39.1 Å². The second kappa shape index (κ2) is 5.95. The van der Waals surface area contributed by atoms with Crippen LogP contribution in [-0.4, -0.2) is 5.91 Å². The molecule has 0 bridgehead atoms. The molecular formula is C14H10BrCl2NO. The third kappa shape index (κ3) is 3.50. The maximum absolute atomic E-state index is 12.1. The molecule has 0 aliphatic heterocycles. The molecule has 0 fully saturated rings. The van der Waals surface area contributed by atoms with Crippen LogP contribution in [0.4, 0.5) is 5.69 Å². The smallest absolute Gasteiger partial charge is 0.255 e. The quantitative estimate of drug-likeness (QED) is 0.773. The van der Waals surface area contributed by atoms with Crippen LogP contribution in [0, 0.1) is 6.92 Å². The van der Waals surface area contributed by atoms with Gasteiger partial charge in [-0.3, -0.25) is 4.79 Å². The number of benzene rings is 2. The molecule has 0 saturated carbocycles. The minimum atomic E-state index is -0.218. The number of anilines is 1. The molecule has 0 radical (unpaired) electrons. The molecular weight excluding hydrogens is 349 g/mol. The first-order valence-corrected chi connectivity index (χ1v) is 7.05. The van der Waals surface area contributed by atoms with Crippen molar-refractivity contribution < 1.29 is 4.79 Å². The van der Waals surface area contributed by atoms with Gasteiger partial charge in [0.25, 0.3) is 5.91 Å². The Hall–Kier alpha value is -1.03. The van der Waals surface area contributed by atoms with E-state index in [1.54, 1.807) is 30.3 Å². The van der Waals surface area contributed by atoms with Crippen molar-refractivity contribution in [2.45, 2.75) is 6.92 Å². The predicted octanol–water partition coefficient (Wildman–Crippen LogP) is 5.32. The summed E-state index contributed by atoms with van der Waals surface area (Å²) in [7, 11) is 0. The number of halogens is 3. The van der Waals surface area contributed by atoms with Crippen molar-refractivity contribution >= 4 is 50.7 Å². The molecule has 19 heavy (non-hydrogen) atoms. The number of rotatable bonds is 2. The van der Waals surface area contributed by atoms with Crippen molar-refractivity contribution in [2.24, 2.45) is 0 Å². The van der Waals surface area contributed by atoms with Crippen LogP contribution < -0.4 is 5.32 Å². The van der Waals surface area contributed by atoms with Gasteiger partial charge in [0, 0.05) is 15.1 Å². The average Bonchev–Trinajstić information content (AvgIpc) is 2.36. The van der Waals surface area contributed by atoms with E-state index in [1.165, 1.54) is 0 Å². The molecule has 98 valence electrons. The van der Waals surface area contributed by atoms with Gasteiger partial charge in [-0.05, 0) is 42.8 Å². The average molecular weight is 359 g/mol. The van der Waals surface area contributed by atoms with Crippen LogP contribution in [0.25, 0.3) is 0 Å². The van der Waals surface area contributed by atoms with Gasteiger partial charge in [0.05, 0.1) is 10.7 Å². The van der Waals surface area contributed by atoms with E-state index in [2.05, 4.69) is 21.2 Å². The zero-order chi connectivity index (χ0) is 14.0. The Kier molecular flexibility index (Phi) is 4.50. The van der Waals surface area contributed by atoms with Crippen molar-refractivity contribution in [3.05, 3.63) is 62.0 Å². The number of nitrogens with one attached hydrogen (secondary N) is 1. The Balaban J connectivity index is 2.23. The third-order valence-electron chi connectivity index (χ3n) is 2.61. The van der Waals surface area contributed by atoms with Crippen molar-refractivity contribution in [1.29, 1.82) is 0 Å².